The summed E-state index contributed by atoms with van der Waals surface area (Å²) in [5.41, 5.74) is 0.551. The Morgan fingerprint density at radius 2 is 1.83 bits per heavy atom. The van der Waals surface area contributed by atoms with E-state index in [-0.39, 0.29) is 24.2 Å². The molecule has 0 bridgehead atoms. The summed E-state index contributed by atoms with van der Waals surface area (Å²) in [5, 5.41) is 3.70. The largest absolute Gasteiger partial charge is 0.352 e. The van der Waals surface area contributed by atoms with Gasteiger partial charge in [-0.3, -0.25) is 13.9 Å². The van der Waals surface area contributed by atoms with Crippen LogP contribution in [-0.4, -0.2) is 50.0 Å². The van der Waals surface area contributed by atoms with E-state index in [4.69, 9.17) is 23.2 Å². The second-order valence-corrected chi connectivity index (χ2v) is 11.4. The highest BCUT2D eigenvalue weighted by Crippen LogP contribution is 2.25. The van der Waals surface area contributed by atoms with Gasteiger partial charge in [0.15, 0.2) is 0 Å². The number of nitrogens with one attached hydrogen (secondary N) is 1. The van der Waals surface area contributed by atoms with Gasteiger partial charge in [-0.15, -0.1) is 0 Å². The molecule has 1 aliphatic carbocycles. The molecule has 0 heterocycles. The van der Waals surface area contributed by atoms with Crippen molar-refractivity contribution in [1.82, 2.24) is 10.2 Å². The Morgan fingerprint density at radius 1 is 1.14 bits per heavy atom. The van der Waals surface area contributed by atoms with Crippen LogP contribution in [0.4, 0.5) is 10.1 Å². The summed E-state index contributed by atoms with van der Waals surface area (Å²) in [6.45, 7) is 0.919. The minimum Gasteiger partial charge on any atom is -0.352 e. The summed E-state index contributed by atoms with van der Waals surface area (Å²) in [6, 6.07) is 8.88. The van der Waals surface area contributed by atoms with Gasteiger partial charge in [0.05, 0.1) is 11.9 Å². The second-order valence-electron chi connectivity index (χ2n) is 8.67. The zero-order chi connectivity index (χ0) is 25.8. The molecule has 1 fully saturated rings. The summed E-state index contributed by atoms with van der Waals surface area (Å²) in [5.74, 6) is -1.62. The van der Waals surface area contributed by atoms with Crippen molar-refractivity contribution in [3.63, 3.8) is 0 Å². The molecular formula is C24H28Cl2FN3O4S. The van der Waals surface area contributed by atoms with Crippen LogP contribution in [0.15, 0.2) is 42.5 Å². The quantitative estimate of drug-likeness (QED) is 0.508. The van der Waals surface area contributed by atoms with Gasteiger partial charge in [0.1, 0.15) is 18.4 Å². The number of amides is 2. The molecule has 1 atom stereocenters. The third kappa shape index (κ3) is 7.32. The number of rotatable bonds is 9. The number of carbonyl (C=O) groups excluding carboxylic acids is 2. The van der Waals surface area contributed by atoms with Gasteiger partial charge in [-0.05, 0) is 55.7 Å². The van der Waals surface area contributed by atoms with Crippen molar-refractivity contribution in [3.8, 4) is 0 Å². The van der Waals surface area contributed by atoms with Crippen LogP contribution >= 0.6 is 23.2 Å². The first-order chi connectivity index (χ1) is 16.5. The number of hydrogen-bond acceptors (Lipinski definition) is 4. The van der Waals surface area contributed by atoms with Crippen LogP contribution < -0.4 is 9.62 Å². The molecule has 2 aromatic carbocycles. The van der Waals surface area contributed by atoms with Gasteiger partial charge >= 0.3 is 0 Å². The second kappa shape index (κ2) is 11.6. The van der Waals surface area contributed by atoms with E-state index in [1.165, 1.54) is 29.2 Å². The van der Waals surface area contributed by atoms with E-state index in [9.17, 15) is 22.4 Å². The molecule has 1 aliphatic rings. The SMILES string of the molecule is CC(C(=O)NC1CCCC1)N(Cc1ccc(Cl)cc1Cl)C(=O)CN(c1cccc(F)c1)S(C)(=O)=O. The molecule has 0 radical (unpaired) electrons. The third-order valence-corrected chi connectivity index (χ3v) is 7.73. The molecule has 2 aromatic rings. The number of nitrogens with zero attached hydrogens (tertiary/aromatic N) is 2. The molecule has 1 unspecified atom stereocenters. The predicted octanol–water partition coefficient (Wildman–Crippen LogP) is 4.37. The van der Waals surface area contributed by atoms with Gasteiger partial charge < -0.3 is 10.2 Å². The molecule has 0 aromatic heterocycles. The smallest absolute Gasteiger partial charge is 0.244 e. The molecule has 0 saturated heterocycles. The minimum absolute atomic E-state index is 0.00776. The Bertz CT molecular complexity index is 1190. The van der Waals surface area contributed by atoms with E-state index < -0.39 is 34.3 Å². The molecule has 1 saturated carbocycles. The zero-order valence-corrected chi connectivity index (χ0v) is 21.8. The summed E-state index contributed by atoms with van der Waals surface area (Å²) in [6.07, 6.45) is 4.73. The van der Waals surface area contributed by atoms with E-state index in [0.29, 0.717) is 15.6 Å². The van der Waals surface area contributed by atoms with E-state index >= 15 is 0 Å². The maximum absolute atomic E-state index is 13.8. The average molecular weight is 544 g/mol. The van der Waals surface area contributed by atoms with Crippen LogP contribution in [0.2, 0.25) is 10.0 Å². The highest BCUT2D eigenvalue weighted by molar-refractivity contribution is 7.92. The van der Waals surface area contributed by atoms with Gasteiger partial charge in [-0.1, -0.05) is 48.2 Å². The lowest BCUT2D eigenvalue weighted by Crippen LogP contribution is -2.52. The molecule has 11 heteroatoms. The highest BCUT2D eigenvalue weighted by atomic mass is 35.5. The lowest BCUT2D eigenvalue weighted by Gasteiger charge is -2.32. The van der Waals surface area contributed by atoms with Crippen LogP contribution in [-0.2, 0) is 26.2 Å². The number of benzene rings is 2. The summed E-state index contributed by atoms with van der Waals surface area (Å²) in [7, 11) is -3.94. The van der Waals surface area contributed by atoms with E-state index in [0.717, 1.165) is 42.3 Å². The maximum Gasteiger partial charge on any atom is 0.244 e. The van der Waals surface area contributed by atoms with Crippen molar-refractivity contribution in [3.05, 3.63) is 63.9 Å². The summed E-state index contributed by atoms with van der Waals surface area (Å²) >= 11 is 12.3. The first-order valence-corrected chi connectivity index (χ1v) is 13.8. The Hall–Kier alpha value is -2.36. The van der Waals surface area contributed by atoms with Crippen LogP contribution in [0, 0.1) is 5.82 Å². The zero-order valence-electron chi connectivity index (χ0n) is 19.5. The van der Waals surface area contributed by atoms with Crippen LogP contribution in [0.3, 0.4) is 0 Å². The highest BCUT2D eigenvalue weighted by Gasteiger charge is 2.31. The Balaban J connectivity index is 1.90. The number of sulfonamides is 1. The molecule has 0 spiro atoms. The Labute approximate surface area is 215 Å². The predicted molar refractivity (Wildman–Crippen MR) is 135 cm³/mol. The van der Waals surface area contributed by atoms with E-state index in [1.807, 2.05) is 0 Å². The maximum atomic E-state index is 13.8. The third-order valence-electron chi connectivity index (χ3n) is 6.00. The fourth-order valence-corrected chi connectivity index (χ4v) is 5.36. The average Bonchev–Trinajstić information content (AvgIpc) is 3.28. The molecule has 3 rings (SSSR count). The van der Waals surface area contributed by atoms with Crippen molar-refractivity contribution in [1.29, 1.82) is 0 Å². The number of carbonyl (C=O) groups is 2. The minimum atomic E-state index is -3.94. The fourth-order valence-electron chi connectivity index (χ4n) is 4.05. The van der Waals surface area contributed by atoms with Crippen molar-refractivity contribution in [2.75, 3.05) is 17.1 Å². The standard InChI is InChI=1S/C24H28Cl2FN3O4S/c1-16(24(32)28-20-7-3-4-8-20)29(14-17-10-11-18(25)12-22(17)26)23(31)15-30(35(2,33)34)21-9-5-6-19(27)13-21/h5-6,9-13,16,20H,3-4,7-8,14-15H2,1-2H3,(H,28,32). The molecule has 2 amide bonds. The molecule has 7 nitrogen and oxygen atoms in total. The van der Waals surface area contributed by atoms with E-state index in [2.05, 4.69) is 5.32 Å². The van der Waals surface area contributed by atoms with Gasteiger partial charge in [-0.2, -0.15) is 0 Å². The fraction of sp³-hybridized carbons (Fsp3) is 0.417. The van der Waals surface area contributed by atoms with Crippen molar-refractivity contribution >= 4 is 50.7 Å². The lowest BCUT2D eigenvalue weighted by atomic mass is 10.1. The normalized spacial score (nSPS) is 15.0. The first-order valence-electron chi connectivity index (χ1n) is 11.2. The monoisotopic (exact) mass is 543 g/mol. The molecule has 35 heavy (non-hydrogen) atoms. The van der Waals surface area contributed by atoms with Crippen molar-refractivity contribution in [2.45, 2.75) is 51.2 Å². The number of anilines is 1. The summed E-state index contributed by atoms with van der Waals surface area (Å²) in [4.78, 5) is 27.8. The van der Waals surface area contributed by atoms with Gasteiger partial charge in [0.25, 0.3) is 0 Å². The lowest BCUT2D eigenvalue weighted by molar-refractivity contribution is -0.139. The molecule has 1 N–H and O–H groups in total. The summed E-state index contributed by atoms with van der Waals surface area (Å²) < 4.78 is 39.6. The molecular weight excluding hydrogens is 516 g/mol. The van der Waals surface area contributed by atoms with Crippen LogP contribution in [0.1, 0.15) is 38.2 Å². The van der Waals surface area contributed by atoms with Crippen molar-refractivity contribution < 1.29 is 22.4 Å². The van der Waals surface area contributed by atoms with Gasteiger partial charge in [-0.25, -0.2) is 12.8 Å². The van der Waals surface area contributed by atoms with Crippen LogP contribution in [0.5, 0.6) is 0 Å². The Morgan fingerprint density at radius 3 is 2.43 bits per heavy atom. The van der Waals surface area contributed by atoms with Gasteiger partial charge in [0, 0.05) is 22.6 Å². The molecule has 190 valence electrons. The van der Waals surface area contributed by atoms with Crippen LogP contribution in [0.25, 0.3) is 0 Å². The topological polar surface area (TPSA) is 86.8 Å². The molecule has 0 aliphatic heterocycles. The van der Waals surface area contributed by atoms with E-state index in [1.54, 1.807) is 19.1 Å². The number of hydrogen-bond donors (Lipinski definition) is 1. The Kier molecular flexibility index (Phi) is 9.01. The van der Waals surface area contributed by atoms with Crippen molar-refractivity contribution in [2.24, 2.45) is 0 Å². The first kappa shape index (κ1) is 27.2. The number of halogens is 3. The van der Waals surface area contributed by atoms with Gasteiger partial charge in [0.2, 0.25) is 21.8 Å².